The van der Waals surface area contributed by atoms with E-state index in [1.165, 1.54) is 9.47 Å². The molecule has 0 saturated carbocycles. The Balaban J connectivity index is 1.82. The van der Waals surface area contributed by atoms with Gasteiger partial charge in [0.05, 0.1) is 6.20 Å². The molecule has 7 nitrogen and oxygen atoms in total. The number of amides is 1. The van der Waals surface area contributed by atoms with E-state index in [2.05, 4.69) is 34.3 Å². The Bertz CT molecular complexity index is 904. The average Bonchev–Trinajstić information content (AvgIpc) is 2.86. The normalized spacial score (nSPS) is 16.5. The van der Waals surface area contributed by atoms with Crippen molar-refractivity contribution in [3.05, 3.63) is 46.8 Å². The van der Waals surface area contributed by atoms with Crippen LogP contribution in [0, 0.1) is 5.92 Å². The predicted octanol–water partition coefficient (Wildman–Crippen LogP) is 2.11. The molecule has 1 unspecified atom stereocenters. The number of hydrogen-bond acceptors (Lipinski definition) is 4. The highest BCUT2D eigenvalue weighted by atomic mass is 16.2. The maximum Gasteiger partial charge on any atom is 0.338 e. The van der Waals surface area contributed by atoms with Crippen molar-refractivity contribution < 1.29 is 4.79 Å². The van der Waals surface area contributed by atoms with E-state index >= 15 is 0 Å². The summed E-state index contributed by atoms with van der Waals surface area (Å²) in [6.45, 7) is 0. The van der Waals surface area contributed by atoms with Gasteiger partial charge in [-0.25, -0.2) is 19.6 Å². The molecule has 1 amide bonds. The van der Waals surface area contributed by atoms with Crippen LogP contribution >= 0.6 is 0 Å². The number of hydrogen-bond donors (Lipinski definition) is 0. The van der Waals surface area contributed by atoms with Crippen LogP contribution in [-0.4, -0.2) is 44.1 Å². The zero-order valence-electron chi connectivity index (χ0n) is 14.8. The number of carbonyl (C=O) groups is 1. The molecule has 0 aliphatic heterocycles. The lowest BCUT2D eigenvalue weighted by Gasteiger charge is -2.12. The van der Waals surface area contributed by atoms with E-state index in [1.807, 2.05) is 0 Å². The Morgan fingerprint density at radius 1 is 1.36 bits per heavy atom. The molecule has 0 aromatic carbocycles. The molecule has 0 bridgehead atoms. The first-order valence-electron chi connectivity index (χ1n) is 8.47. The third-order valence-corrected chi connectivity index (χ3v) is 4.47. The Morgan fingerprint density at radius 2 is 2.16 bits per heavy atom. The molecule has 1 atom stereocenters. The van der Waals surface area contributed by atoms with E-state index in [9.17, 15) is 9.59 Å². The first kappa shape index (κ1) is 17.1. The minimum Gasteiger partial charge on any atom is -0.330 e. The molecule has 2 aromatic heterocycles. The highest BCUT2D eigenvalue weighted by Crippen LogP contribution is 2.18. The lowest BCUT2D eigenvalue weighted by atomic mass is 9.95. The molecule has 0 saturated heterocycles. The number of rotatable bonds is 4. The topological polar surface area (TPSA) is 73.0 Å². The number of carbonyl (C=O) groups excluding carboxylic acids is 1. The quantitative estimate of drug-likeness (QED) is 0.854. The minimum absolute atomic E-state index is 0.372. The number of fused-ring (bicyclic) bond motifs is 1. The zero-order chi connectivity index (χ0) is 18.0. The summed E-state index contributed by atoms with van der Waals surface area (Å²) in [5, 5.41) is 0. The number of nitrogens with zero attached hydrogens (tertiary/aromatic N) is 5. The van der Waals surface area contributed by atoms with Crippen molar-refractivity contribution in [2.75, 3.05) is 14.1 Å². The van der Waals surface area contributed by atoms with E-state index in [0.717, 1.165) is 30.3 Å². The molecule has 2 aromatic rings. The van der Waals surface area contributed by atoms with E-state index in [1.54, 1.807) is 27.3 Å². The Hall–Kier alpha value is -2.70. The molecule has 0 radical (unpaired) electrons. The van der Waals surface area contributed by atoms with E-state index in [0.29, 0.717) is 22.9 Å². The summed E-state index contributed by atoms with van der Waals surface area (Å²) in [7, 11) is 4.85. The number of imidazole rings is 1. The Labute approximate surface area is 146 Å². The highest BCUT2D eigenvalue weighted by molar-refractivity contribution is 5.86. The Kier molecular flexibility index (Phi) is 4.83. The standard InChI is InChI=1S/C18H23N5O2/c1-21(2)17(24)23-16-14(22(3)18(23)25)12-19-15(20-16)11-7-10-13-8-5-4-6-9-13/h4-6,8,12-13H,7,9-11H2,1-3H3. The molecule has 7 heteroatoms. The molecule has 0 spiro atoms. The van der Waals surface area contributed by atoms with Gasteiger partial charge in [0.2, 0.25) is 0 Å². The molecule has 25 heavy (non-hydrogen) atoms. The fourth-order valence-electron chi connectivity index (χ4n) is 3.01. The van der Waals surface area contributed by atoms with Gasteiger partial charge in [-0.3, -0.25) is 4.57 Å². The van der Waals surface area contributed by atoms with Gasteiger partial charge in [-0.2, -0.15) is 4.57 Å². The van der Waals surface area contributed by atoms with Crippen LogP contribution in [0.1, 0.15) is 25.1 Å². The SMILES string of the molecule is CN(C)C(=O)n1c(=O)n(C)c2cnc(CCCC3C=CC=CC3)nc21. The predicted molar refractivity (Wildman–Crippen MR) is 96.6 cm³/mol. The van der Waals surface area contributed by atoms with E-state index in [-0.39, 0.29) is 0 Å². The van der Waals surface area contributed by atoms with Gasteiger partial charge >= 0.3 is 11.7 Å². The second-order valence-corrected chi connectivity index (χ2v) is 6.55. The Morgan fingerprint density at radius 3 is 2.84 bits per heavy atom. The zero-order valence-corrected chi connectivity index (χ0v) is 14.8. The molecule has 2 heterocycles. The summed E-state index contributed by atoms with van der Waals surface area (Å²) in [5.74, 6) is 1.23. The van der Waals surface area contributed by atoms with Crippen LogP contribution in [0.3, 0.4) is 0 Å². The van der Waals surface area contributed by atoms with Crippen molar-refractivity contribution in [2.24, 2.45) is 13.0 Å². The van der Waals surface area contributed by atoms with Crippen molar-refractivity contribution in [1.29, 1.82) is 0 Å². The summed E-state index contributed by atoms with van der Waals surface area (Å²) in [5.41, 5.74) is 0.528. The van der Waals surface area contributed by atoms with Crippen LogP contribution in [0.25, 0.3) is 11.2 Å². The van der Waals surface area contributed by atoms with Crippen LogP contribution in [0.5, 0.6) is 0 Å². The largest absolute Gasteiger partial charge is 0.338 e. The van der Waals surface area contributed by atoms with Gasteiger partial charge in [0, 0.05) is 27.6 Å². The van der Waals surface area contributed by atoms with Gasteiger partial charge in [0.25, 0.3) is 0 Å². The molecule has 0 fully saturated rings. The first-order chi connectivity index (χ1) is 12.0. The van der Waals surface area contributed by atoms with Gasteiger partial charge in [0.1, 0.15) is 11.3 Å². The van der Waals surface area contributed by atoms with Gasteiger partial charge in [-0.15, -0.1) is 0 Å². The molecule has 132 valence electrons. The van der Waals surface area contributed by atoms with Crippen molar-refractivity contribution in [1.82, 2.24) is 24.0 Å². The second-order valence-electron chi connectivity index (χ2n) is 6.55. The summed E-state index contributed by atoms with van der Waals surface area (Å²) in [4.78, 5) is 34.9. The fourth-order valence-corrected chi connectivity index (χ4v) is 3.01. The third kappa shape index (κ3) is 3.40. The van der Waals surface area contributed by atoms with Crippen LogP contribution in [0.15, 0.2) is 35.3 Å². The maximum atomic E-state index is 12.4. The monoisotopic (exact) mass is 341 g/mol. The molecule has 3 rings (SSSR count). The highest BCUT2D eigenvalue weighted by Gasteiger charge is 2.20. The van der Waals surface area contributed by atoms with Gasteiger partial charge < -0.3 is 4.90 Å². The second kappa shape index (κ2) is 7.04. The van der Waals surface area contributed by atoms with Gasteiger partial charge in [0.15, 0.2) is 5.65 Å². The van der Waals surface area contributed by atoms with Crippen molar-refractivity contribution in [2.45, 2.75) is 25.7 Å². The number of allylic oxidation sites excluding steroid dienone is 4. The van der Waals surface area contributed by atoms with Crippen LogP contribution in [0.4, 0.5) is 4.79 Å². The summed E-state index contributed by atoms with van der Waals surface area (Å²) in [6.07, 6.45) is 14.0. The van der Waals surface area contributed by atoms with E-state index in [4.69, 9.17) is 0 Å². The number of aryl methyl sites for hydroxylation is 2. The van der Waals surface area contributed by atoms with Crippen molar-refractivity contribution in [3.8, 4) is 0 Å². The molecular formula is C18H23N5O2. The fraction of sp³-hybridized carbons (Fsp3) is 0.444. The lowest BCUT2D eigenvalue weighted by Crippen LogP contribution is -2.35. The first-order valence-corrected chi connectivity index (χ1v) is 8.47. The lowest BCUT2D eigenvalue weighted by molar-refractivity contribution is 0.219. The van der Waals surface area contributed by atoms with E-state index < -0.39 is 11.7 Å². The van der Waals surface area contributed by atoms with Gasteiger partial charge in [-0.05, 0) is 25.2 Å². The molecule has 1 aliphatic rings. The summed E-state index contributed by atoms with van der Waals surface area (Å²) in [6, 6.07) is -0.403. The third-order valence-electron chi connectivity index (χ3n) is 4.47. The summed E-state index contributed by atoms with van der Waals surface area (Å²) < 4.78 is 2.51. The molecule has 1 aliphatic carbocycles. The molecular weight excluding hydrogens is 318 g/mol. The van der Waals surface area contributed by atoms with Crippen molar-refractivity contribution >= 4 is 17.2 Å². The summed E-state index contributed by atoms with van der Waals surface area (Å²) >= 11 is 0. The number of aromatic nitrogens is 4. The van der Waals surface area contributed by atoms with Crippen LogP contribution in [-0.2, 0) is 13.5 Å². The molecule has 0 N–H and O–H groups in total. The minimum atomic E-state index is -0.403. The van der Waals surface area contributed by atoms with Gasteiger partial charge in [-0.1, -0.05) is 24.3 Å². The maximum absolute atomic E-state index is 12.4. The van der Waals surface area contributed by atoms with Crippen molar-refractivity contribution in [3.63, 3.8) is 0 Å². The average molecular weight is 341 g/mol. The van der Waals surface area contributed by atoms with Crippen LogP contribution in [0.2, 0.25) is 0 Å². The smallest absolute Gasteiger partial charge is 0.330 e. The van der Waals surface area contributed by atoms with Crippen LogP contribution < -0.4 is 5.69 Å².